The van der Waals surface area contributed by atoms with E-state index in [1.807, 2.05) is 12.1 Å². The van der Waals surface area contributed by atoms with Crippen molar-refractivity contribution >= 4 is 30.7 Å². The van der Waals surface area contributed by atoms with Gasteiger partial charge >= 0.3 is 0 Å². The van der Waals surface area contributed by atoms with Crippen molar-refractivity contribution < 1.29 is 4.74 Å². The van der Waals surface area contributed by atoms with Gasteiger partial charge < -0.3 is 4.74 Å². The third-order valence-electron chi connectivity index (χ3n) is 2.87. The number of hydrogen-bond acceptors (Lipinski definition) is 1. The molecule has 0 fully saturated rings. The lowest BCUT2D eigenvalue weighted by molar-refractivity contribution is 0.418. The van der Waals surface area contributed by atoms with E-state index < -0.39 is 0 Å². The van der Waals surface area contributed by atoms with E-state index >= 15 is 0 Å². The lowest BCUT2D eigenvalue weighted by atomic mass is 9.96. The first-order valence-electron chi connectivity index (χ1n) is 5.23. The number of fused-ring (bicyclic) bond motifs is 1. The number of benzene rings is 1. The van der Waals surface area contributed by atoms with E-state index in [1.165, 1.54) is 10.8 Å². The Balaban J connectivity index is 2.16. The van der Waals surface area contributed by atoms with E-state index in [0.717, 1.165) is 26.0 Å². The molecular formula is C13H10BrOSi. The average Bonchev–Trinajstić information content (AvgIpc) is 2.36. The van der Waals surface area contributed by atoms with Crippen molar-refractivity contribution in [2.24, 2.45) is 0 Å². The standard InChI is InChI=1S/C13H10BrOSi/c14-8-10-9-4-1-2-5-11(9)15-12-6-3-7-16-13(10)12/h1-7,10H,8H2. The van der Waals surface area contributed by atoms with Crippen LogP contribution in [0, 0.1) is 0 Å². The van der Waals surface area contributed by atoms with Crippen LogP contribution >= 0.6 is 15.9 Å². The van der Waals surface area contributed by atoms with Gasteiger partial charge in [0, 0.05) is 16.8 Å². The monoisotopic (exact) mass is 289 g/mol. The molecule has 0 aliphatic carbocycles. The van der Waals surface area contributed by atoms with Gasteiger partial charge in [0.25, 0.3) is 0 Å². The van der Waals surface area contributed by atoms with Crippen LogP contribution in [0.15, 0.2) is 47.4 Å². The summed E-state index contributed by atoms with van der Waals surface area (Å²) >= 11 is 3.62. The zero-order valence-corrected chi connectivity index (χ0v) is 11.2. The first-order valence-corrected chi connectivity index (χ1v) is 7.43. The molecule has 1 aromatic carbocycles. The molecule has 1 radical (unpaired) electrons. The maximum Gasteiger partial charge on any atom is 0.131 e. The lowest BCUT2D eigenvalue weighted by Gasteiger charge is -2.28. The van der Waals surface area contributed by atoms with Gasteiger partial charge in [-0.25, -0.2) is 0 Å². The average molecular weight is 290 g/mol. The molecule has 1 atom stereocenters. The largest absolute Gasteiger partial charge is 0.457 e. The number of hydrogen-bond donors (Lipinski definition) is 0. The predicted octanol–water partition coefficient (Wildman–Crippen LogP) is 2.85. The highest BCUT2D eigenvalue weighted by Gasteiger charge is 2.26. The minimum atomic E-state index is 0.458. The second-order valence-electron chi connectivity index (χ2n) is 3.79. The molecule has 0 saturated carbocycles. The molecule has 0 N–H and O–H groups in total. The summed E-state index contributed by atoms with van der Waals surface area (Å²) in [6.45, 7) is 0. The highest BCUT2D eigenvalue weighted by atomic mass is 79.9. The third-order valence-corrected chi connectivity index (χ3v) is 4.78. The van der Waals surface area contributed by atoms with Crippen molar-refractivity contribution in [3.63, 3.8) is 0 Å². The maximum atomic E-state index is 5.93. The molecule has 2 aliphatic rings. The van der Waals surface area contributed by atoms with E-state index in [4.69, 9.17) is 4.74 Å². The van der Waals surface area contributed by atoms with Gasteiger partial charge in [-0.15, -0.1) is 0 Å². The predicted molar refractivity (Wildman–Crippen MR) is 71.6 cm³/mol. The first-order chi connectivity index (χ1) is 7.90. The molecule has 79 valence electrons. The number of rotatable bonds is 1. The molecule has 0 saturated heterocycles. The molecule has 1 aromatic rings. The Hall–Kier alpha value is -0.933. The van der Waals surface area contributed by atoms with Crippen LogP contribution in [-0.4, -0.2) is 20.1 Å². The molecule has 3 heteroatoms. The van der Waals surface area contributed by atoms with E-state index in [9.17, 15) is 0 Å². The van der Waals surface area contributed by atoms with Crippen LogP contribution in [0.2, 0.25) is 0 Å². The number of para-hydroxylation sites is 1. The first kappa shape index (κ1) is 10.2. The van der Waals surface area contributed by atoms with E-state index in [-0.39, 0.29) is 0 Å². The molecule has 2 heterocycles. The minimum Gasteiger partial charge on any atom is -0.457 e. The summed E-state index contributed by atoms with van der Waals surface area (Å²) in [5, 5.41) is 2.37. The summed E-state index contributed by atoms with van der Waals surface area (Å²) in [6.07, 6.45) is 4.15. The van der Waals surface area contributed by atoms with Crippen molar-refractivity contribution in [3.8, 4) is 5.75 Å². The van der Waals surface area contributed by atoms with Crippen LogP contribution in [-0.2, 0) is 0 Å². The summed E-state index contributed by atoms with van der Waals surface area (Å²) in [6, 6.07) is 8.31. The summed E-state index contributed by atoms with van der Waals surface area (Å²) in [5.74, 6) is 2.51. The second kappa shape index (κ2) is 4.15. The van der Waals surface area contributed by atoms with Gasteiger partial charge in [0.15, 0.2) is 0 Å². The van der Waals surface area contributed by atoms with E-state index in [0.29, 0.717) is 5.92 Å². The zero-order chi connectivity index (χ0) is 11.0. The Morgan fingerprint density at radius 2 is 2.19 bits per heavy atom. The number of ether oxygens (including phenoxy) is 1. The molecule has 0 spiro atoms. The lowest BCUT2D eigenvalue weighted by Crippen LogP contribution is -2.19. The fourth-order valence-corrected chi connectivity index (χ4v) is 4.17. The van der Waals surface area contributed by atoms with Gasteiger partial charge in [-0.3, -0.25) is 0 Å². The van der Waals surface area contributed by atoms with Gasteiger partial charge in [-0.2, -0.15) is 0 Å². The van der Waals surface area contributed by atoms with Gasteiger partial charge in [-0.1, -0.05) is 45.9 Å². The number of halogens is 1. The molecule has 0 aromatic heterocycles. The number of allylic oxidation sites excluding steroid dienone is 3. The molecule has 2 aliphatic heterocycles. The minimum absolute atomic E-state index is 0.458. The van der Waals surface area contributed by atoms with Crippen LogP contribution in [0.3, 0.4) is 0 Å². The van der Waals surface area contributed by atoms with E-state index in [1.54, 1.807) is 0 Å². The molecule has 16 heavy (non-hydrogen) atoms. The van der Waals surface area contributed by atoms with Gasteiger partial charge in [0.2, 0.25) is 0 Å². The van der Waals surface area contributed by atoms with Gasteiger partial charge in [-0.05, 0) is 17.3 Å². The van der Waals surface area contributed by atoms with Crippen LogP contribution < -0.4 is 4.74 Å². The fourth-order valence-electron chi connectivity index (χ4n) is 2.09. The Labute approximate surface area is 105 Å². The van der Waals surface area contributed by atoms with Crippen molar-refractivity contribution in [2.75, 3.05) is 5.33 Å². The Morgan fingerprint density at radius 3 is 3.06 bits per heavy atom. The highest BCUT2D eigenvalue weighted by Crippen LogP contribution is 2.39. The summed E-state index contributed by atoms with van der Waals surface area (Å²) in [4.78, 5) is 0. The zero-order valence-electron chi connectivity index (χ0n) is 8.61. The second-order valence-corrected chi connectivity index (χ2v) is 5.60. The van der Waals surface area contributed by atoms with Crippen LogP contribution in [0.4, 0.5) is 0 Å². The van der Waals surface area contributed by atoms with Crippen molar-refractivity contribution in [1.29, 1.82) is 0 Å². The quantitative estimate of drug-likeness (QED) is 0.571. The molecule has 3 rings (SSSR count). The fraction of sp³-hybridized carbons (Fsp3) is 0.154. The van der Waals surface area contributed by atoms with Crippen LogP contribution in [0.1, 0.15) is 11.5 Å². The SMILES string of the molecule is BrCC1C2=C(C=CC=[Si]2)Oc2ccccc21. The summed E-state index contributed by atoms with van der Waals surface area (Å²) in [7, 11) is 0.743. The van der Waals surface area contributed by atoms with E-state index in [2.05, 4.69) is 45.9 Å². The van der Waals surface area contributed by atoms with Crippen LogP contribution in [0.5, 0.6) is 5.75 Å². The normalized spacial score (nSPS) is 21.4. The topological polar surface area (TPSA) is 9.23 Å². The smallest absolute Gasteiger partial charge is 0.131 e. The summed E-state index contributed by atoms with van der Waals surface area (Å²) in [5.41, 5.74) is 3.51. The maximum absolute atomic E-state index is 5.93. The van der Waals surface area contributed by atoms with Crippen molar-refractivity contribution in [3.05, 3.63) is 52.9 Å². The third kappa shape index (κ3) is 1.55. The molecule has 1 nitrogen and oxygen atoms in total. The molecular weight excluding hydrogens is 280 g/mol. The molecule has 0 amide bonds. The summed E-state index contributed by atoms with van der Waals surface area (Å²) < 4.78 is 5.93. The van der Waals surface area contributed by atoms with Crippen molar-refractivity contribution in [2.45, 2.75) is 5.92 Å². The van der Waals surface area contributed by atoms with Gasteiger partial charge in [0.05, 0.1) is 9.13 Å². The molecule has 1 unspecified atom stereocenters. The Kier molecular flexibility index (Phi) is 2.65. The number of alkyl halides is 1. The van der Waals surface area contributed by atoms with Crippen LogP contribution in [0.25, 0.3) is 0 Å². The van der Waals surface area contributed by atoms with Gasteiger partial charge in [0.1, 0.15) is 11.5 Å². The van der Waals surface area contributed by atoms with Crippen molar-refractivity contribution in [1.82, 2.24) is 0 Å². The highest BCUT2D eigenvalue weighted by molar-refractivity contribution is 9.09. The Morgan fingerprint density at radius 1 is 1.31 bits per heavy atom. The molecule has 0 bridgehead atoms. The Bertz CT molecular complexity index is 516.